The molecular weight excluding hydrogens is 186 g/mol. The topological polar surface area (TPSA) is 30.0 Å². The highest BCUT2D eigenvalue weighted by Crippen LogP contribution is 2.19. The summed E-state index contributed by atoms with van der Waals surface area (Å²) in [6.45, 7) is 1.92. The van der Waals surface area contributed by atoms with E-state index in [4.69, 9.17) is 0 Å². The number of carbonyl (C=O) groups is 1. The van der Waals surface area contributed by atoms with Gasteiger partial charge in [0.25, 0.3) is 0 Å². The molecule has 74 valence electrons. The molecule has 2 heteroatoms. The molecule has 0 radical (unpaired) electrons. The van der Waals surface area contributed by atoms with Crippen LogP contribution in [0.4, 0.5) is 0 Å². The molecule has 2 aromatic rings. The number of hydrogen-bond donors (Lipinski definition) is 0. The van der Waals surface area contributed by atoms with Gasteiger partial charge in [-0.3, -0.25) is 9.78 Å². The second-order valence-corrected chi connectivity index (χ2v) is 3.40. The fraction of sp³-hybridized carbons (Fsp3) is 0.0769. The second kappa shape index (κ2) is 4.05. The Morgan fingerprint density at radius 1 is 1.20 bits per heavy atom. The number of rotatable bonds is 2. The number of pyridine rings is 1. The van der Waals surface area contributed by atoms with Crippen molar-refractivity contribution >= 4 is 6.29 Å². The van der Waals surface area contributed by atoms with Crippen molar-refractivity contribution in [2.24, 2.45) is 0 Å². The average molecular weight is 197 g/mol. The van der Waals surface area contributed by atoms with Crippen molar-refractivity contribution in [3.63, 3.8) is 0 Å². The Hall–Kier alpha value is -1.96. The fourth-order valence-corrected chi connectivity index (χ4v) is 1.46. The molecule has 2 rings (SSSR count). The third-order valence-corrected chi connectivity index (χ3v) is 2.37. The van der Waals surface area contributed by atoms with E-state index in [2.05, 4.69) is 4.98 Å². The molecule has 1 heterocycles. The largest absolute Gasteiger partial charge is 0.298 e. The normalized spacial score (nSPS) is 9.93. The van der Waals surface area contributed by atoms with Gasteiger partial charge in [-0.05, 0) is 30.7 Å². The van der Waals surface area contributed by atoms with Crippen LogP contribution in [0.5, 0.6) is 0 Å². The van der Waals surface area contributed by atoms with Gasteiger partial charge in [-0.15, -0.1) is 0 Å². The zero-order valence-electron chi connectivity index (χ0n) is 8.47. The Balaban J connectivity index is 2.51. The summed E-state index contributed by atoms with van der Waals surface area (Å²) in [4.78, 5) is 15.0. The van der Waals surface area contributed by atoms with Gasteiger partial charge in [-0.2, -0.15) is 0 Å². The van der Waals surface area contributed by atoms with Crippen molar-refractivity contribution in [2.45, 2.75) is 6.92 Å². The van der Waals surface area contributed by atoms with Crippen LogP contribution in [0, 0.1) is 6.92 Å². The van der Waals surface area contributed by atoms with Gasteiger partial charge < -0.3 is 0 Å². The van der Waals surface area contributed by atoms with Gasteiger partial charge in [0, 0.05) is 17.3 Å². The monoisotopic (exact) mass is 197 g/mol. The summed E-state index contributed by atoms with van der Waals surface area (Å²) in [6.07, 6.45) is 2.62. The summed E-state index contributed by atoms with van der Waals surface area (Å²) >= 11 is 0. The number of aromatic nitrogens is 1. The molecule has 0 atom stereocenters. The van der Waals surface area contributed by atoms with Crippen LogP contribution in [0.1, 0.15) is 15.9 Å². The van der Waals surface area contributed by atoms with Crippen LogP contribution >= 0.6 is 0 Å². The number of hydrogen-bond acceptors (Lipinski definition) is 2. The van der Waals surface area contributed by atoms with Crippen LogP contribution in [0.15, 0.2) is 42.6 Å². The Bertz CT molecular complexity index is 477. The maximum atomic E-state index is 10.8. The average Bonchev–Trinajstić information content (AvgIpc) is 2.31. The molecule has 0 spiro atoms. The van der Waals surface area contributed by atoms with Gasteiger partial charge in [0.05, 0.1) is 5.69 Å². The maximum absolute atomic E-state index is 10.8. The van der Waals surface area contributed by atoms with Crippen LogP contribution in [0.2, 0.25) is 0 Å². The highest BCUT2D eigenvalue weighted by molar-refractivity contribution is 5.80. The number of aryl methyl sites for hydroxylation is 1. The molecule has 1 aromatic heterocycles. The summed E-state index contributed by atoms with van der Waals surface area (Å²) < 4.78 is 0. The van der Waals surface area contributed by atoms with Crippen LogP contribution in [0.3, 0.4) is 0 Å². The predicted octanol–water partition coefficient (Wildman–Crippen LogP) is 2.87. The van der Waals surface area contributed by atoms with E-state index in [-0.39, 0.29) is 0 Å². The van der Waals surface area contributed by atoms with Crippen LogP contribution in [0.25, 0.3) is 11.3 Å². The molecule has 0 aliphatic heterocycles. The fourth-order valence-electron chi connectivity index (χ4n) is 1.46. The van der Waals surface area contributed by atoms with Gasteiger partial charge in [-0.25, -0.2) is 0 Å². The molecule has 0 fully saturated rings. The first-order valence-electron chi connectivity index (χ1n) is 4.78. The van der Waals surface area contributed by atoms with E-state index < -0.39 is 0 Å². The molecule has 0 aliphatic rings. The van der Waals surface area contributed by atoms with Gasteiger partial charge in [0.1, 0.15) is 6.29 Å². The predicted molar refractivity (Wildman–Crippen MR) is 59.8 cm³/mol. The third-order valence-electron chi connectivity index (χ3n) is 2.37. The van der Waals surface area contributed by atoms with Crippen molar-refractivity contribution in [3.8, 4) is 11.3 Å². The minimum atomic E-state index is 0.721. The van der Waals surface area contributed by atoms with Gasteiger partial charge in [0.2, 0.25) is 0 Å². The molecule has 0 aliphatic carbocycles. The lowest BCUT2D eigenvalue weighted by molar-refractivity contribution is 0.112. The first-order chi connectivity index (χ1) is 7.31. The summed E-state index contributed by atoms with van der Waals surface area (Å²) in [5.74, 6) is 0. The standard InChI is InChI=1S/C13H11NO/c1-10-5-6-11(8-12(10)9-15)13-4-2-3-7-14-13/h2-9H,1H3. The third kappa shape index (κ3) is 1.94. The Kier molecular flexibility index (Phi) is 2.59. The van der Waals surface area contributed by atoms with E-state index in [9.17, 15) is 4.79 Å². The molecule has 2 nitrogen and oxygen atoms in total. The lowest BCUT2D eigenvalue weighted by atomic mass is 10.0. The van der Waals surface area contributed by atoms with Crippen molar-refractivity contribution in [1.82, 2.24) is 4.98 Å². The van der Waals surface area contributed by atoms with Crippen molar-refractivity contribution in [3.05, 3.63) is 53.7 Å². The lowest BCUT2D eigenvalue weighted by Crippen LogP contribution is -1.88. The highest BCUT2D eigenvalue weighted by atomic mass is 16.1. The quantitative estimate of drug-likeness (QED) is 0.693. The van der Waals surface area contributed by atoms with Gasteiger partial charge in [0.15, 0.2) is 0 Å². The molecule has 0 bridgehead atoms. The number of nitrogens with zero attached hydrogens (tertiary/aromatic N) is 1. The summed E-state index contributed by atoms with van der Waals surface area (Å²) in [5, 5.41) is 0. The van der Waals surface area contributed by atoms with Gasteiger partial charge >= 0.3 is 0 Å². The smallest absolute Gasteiger partial charge is 0.150 e. The first kappa shape index (κ1) is 9.59. The van der Waals surface area contributed by atoms with E-state index >= 15 is 0 Å². The van der Waals surface area contributed by atoms with Crippen LogP contribution in [-0.2, 0) is 0 Å². The lowest BCUT2D eigenvalue weighted by Gasteiger charge is -2.03. The minimum Gasteiger partial charge on any atom is -0.298 e. The Morgan fingerprint density at radius 2 is 2.07 bits per heavy atom. The maximum Gasteiger partial charge on any atom is 0.150 e. The molecule has 0 amide bonds. The molecule has 1 aromatic carbocycles. The Labute approximate surface area is 88.6 Å². The minimum absolute atomic E-state index is 0.721. The first-order valence-corrected chi connectivity index (χ1v) is 4.78. The zero-order chi connectivity index (χ0) is 10.7. The zero-order valence-corrected chi connectivity index (χ0v) is 8.47. The molecule has 0 unspecified atom stereocenters. The molecule has 0 N–H and O–H groups in total. The van der Waals surface area contributed by atoms with Crippen molar-refractivity contribution < 1.29 is 4.79 Å². The van der Waals surface area contributed by atoms with Crippen LogP contribution < -0.4 is 0 Å². The van der Waals surface area contributed by atoms with Crippen molar-refractivity contribution in [2.75, 3.05) is 0 Å². The van der Waals surface area contributed by atoms with Gasteiger partial charge in [-0.1, -0.05) is 18.2 Å². The van der Waals surface area contributed by atoms with E-state index in [1.165, 1.54) is 0 Å². The van der Waals surface area contributed by atoms with Crippen molar-refractivity contribution in [1.29, 1.82) is 0 Å². The molecule has 15 heavy (non-hydrogen) atoms. The molecular formula is C13H11NO. The molecule has 0 saturated heterocycles. The highest BCUT2D eigenvalue weighted by Gasteiger charge is 2.01. The SMILES string of the molecule is Cc1ccc(-c2ccccn2)cc1C=O. The number of carbonyl (C=O) groups excluding carboxylic acids is 1. The summed E-state index contributed by atoms with van der Waals surface area (Å²) in [6, 6.07) is 11.5. The van der Waals surface area contributed by atoms with Crippen LogP contribution in [-0.4, -0.2) is 11.3 Å². The summed E-state index contributed by atoms with van der Waals surface area (Å²) in [7, 11) is 0. The van der Waals surface area contributed by atoms with E-state index in [0.717, 1.165) is 28.7 Å². The van der Waals surface area contributed by atoms with E-state index in [0.29, 0.717) is 0 Å². The Morgan fingerprint density at radius 3 is 2.73 bits per heavy atom. The summed E-state index contributed by atoms with van der Waals surface area (Å²) in [5.41, 5.74) is 3.58. The number of aldehydes is 1. The van der Waals surface area contributed by atoms with E-state index in [1.807, 2.05) is 43.3 Å². The molecule has 0 saturated carbocycles. The number of benzene rings is 1. The van der Waals surface area contributed by atoms with E-state index in [1.54, 1.807) is 6.20 Å². The second-order valence-electron chi connectivity index (χ2n) is 3.40.